The average molecular weight is 331 g/mol. The zero-order valence-electron chi connectivity index (χ0n) is 10.9. The summed E-state index contributed by atoms with van der Waals surface area (Å²) in [6, 6.07) is 5.59. The van der Waals surface area contributed by atoms with Crippen molar-refractivity contribution in [3.05, 3.63) is 28.2 Å². The summed E-state index contributed by atoms with van der Waals surface area (Å²) in [5, 5.41) is 0. The van der Waals surface area contributed by atoms with Crippen LogP contribution < -0.4 is 5.73 Å². The molecule has 0 bridgehead atoms. The number of halogens is 1. The van der Waals surface area contributed by atoms with Gasteiger partial charge in [0.05, 0.1) is 0 Å². The van der Waals surface area contributed by atoms with Gasteiger partial charge in [0.2, 0.25) is 0 Å². The van der Waals surface area contributed by atoms with E-state index in [1.165, 1.54) is 0 Å². The maximum atomic E-state index is 12.3. The fourth-order valence-electron chi connectivity index (χ4n) is 1.74. The van der Waals surface area contributed by atoms with Crippen molar-refractivity contribution in [3.63, 3.8) is 0 Å². The van der Waals surface area contributed by atoms with Gasteiger partial charge in [-0.1, -0.05) is 6.92 Å². The van der Waals surface area contributed by atoms with Crippen molar-refractivity contribution in [1.29, 1.82) is 0 Å². The van der Waals surface area contributed by atoms with Gasteiger partial charge in [0.1, 0.15) is 0 Å². The van der Waals surface area contributed by atoms with Crippen LogP contribution in [0.25, 0.3) is 0 Å². The Labute approximate surface area is 121 Å². The molecular weight excluding hydrogens is 312 g/mol. The number of thioether (sulfide) groups is 1. The van der Waals surface area contributed by atoms with Gasteiger partial charge in [-0.2, -0.15) is 11.8 Å². The van der Waals surface area contributed by atoms with Crippen LogP contribution in [-0.2, 0) is 0 Å². The molecule has 1 rings (SSSR count). The highest BCUT2D eigenvalue weighted by atomic mass is 79.9. The lowest BCUT2D eigenvalue weighted by atomic mass is 10.1. The molecule has 0 radical (unpaired) electrons. The van der Waals surface area contributed by atoms with Gasteiger partial charge >= 0.3 is 0 Å². The van der Waals surface area contributed by atoms with Crippen LogP contribution in [0.5, 0.6) is 0 Å². The number of nitrogens with zero attached hydrogens (tertiary/aromatic N) is 1. The summed E-state index contributed by atoms with van der Waals surface area (Å²) in [5.41, 5.74) is 7.03. The van der Waals surface area contributed by atoms with E-state index in [-0.39, 0.29) is 11.9 Å². The molecule has 0 spiro atoms. The number of nitrogen functional groups attached to an aromatic ring is 1. The van der Waals surface area contributed by atoms with Crippen LogP contribution in [-0.4, -0.2) is 35.9 Å². The first-order chi connectivity index (χ1) is 8.51. The zero-order valence-corrected chi connectivity index (χ0v) is 13.3. The predicted molar refractivity (Wildman–Crippen MR) is 83.1 cm³/mol. The smallest absolute Gasteiger partial charge is 0.253 e. The van der Waals surface area contributed by atoms with E-state index >= 15 is 0 Å². The van der Waals surface area contributed by atoms with Crippen molar-refractivity contribution in [2.24, 2.45) is 0 Å². The van der Waals surface area contributed by atoms with Gasteiger partial charge in [-0.25, -0.2) is 0 Å². The molecule has 1 atom stereocenters. The number of amides is 1. The normalized spacial score (nSPS) is 12.2. The van der Waals surface area contributed by atoms with Crippen LogP contribution >= 0.6 is 27.7 Å². The highest BCUT2D eigenvalue weighted by molar-refractivity contribution is 9.10. The summed E-state index contributed by atoms with van der Waals surface area (Å²) in [5.74, 6) is 0.972. The van der Waals surface area contributed by atoms with E-state index in [2.05, 4.69) is 29.1 Å². The molecule has 0 aliphatic carbocycles. The average Bonchev–Trinajstić information content (AvgIpc) is 2.37. The number of hydrogen-bond acceptors (Lipinski definition) is 3. The molecule has 1 unspecified atom stereocenters. The van der Waals surface area contributed by atoms with Gasteiger partial charge in [0.25, 0.3) is 5.91 Å². The van der Waals surface area contributed by atoms with E-state index in [0.717, 1.165) is 16.6 Å². The van der Waals surface area contributed by atoms with E-state index < -0.39 is 0 Å². The summed E-state index contributed by atoms with van der Waals surface area (Å²) >= 11 is 5.08. The third kappa shape index (κ3) is 3.65. The van der Waals surface area contributed by atoms with Crippen molar-refractivity contribution in [3.8, 4) is 0 Å². The first kappa shape index (κ1) is 15.4. The number of carbonyl (C=O) groups is 1. The second-order valence-electron chi connectivity index (χ2n) is 4.17. The standard InChI is InChI=1S/C13H19BrN2OS/c1-4-10(8-18-3)16(2)13(17)9-5-6-11(14)12(15)7-9/h5-7,10H,4,8,15H2,1-3H3. The number of rotatable bonds is 5. The third-order valence-electron chi connectivity index (χ3n) is 2.94. The Morgan fingerprint density at radius 1 is 1.56 bits per heavy atom. The number of benzene rings is 1. The molecule has 0 aliphatic rings. The number of carbonyl (C=O) groups excluding carboxylic acids is 1. The van der Waals surface area contributed by atoms with Crippen LogP contribution in [0.3, 0.4) is 0 Å². The van der Waals surface area contributed by atoms with Crippen molar-refractivity contribution < 1.29 is 4.79 Å². The van der Waals surface area contributed by atoms with Crippen LogP contribution in [0.2, 0.25) is 0 Å². The summed E-state index contributed by atoms with van der Waals surface area (Å²) in [6.07, 6.45) is 3.01. The fourth-order valence-corrected chi connectivity index (χ4v) is 2.83. The molecule has 0 fully saturated rings. The Bertz CT molecular complexity index is 425. The van der Waals surface area contributed by atoms with Crippen LogP contribution in [0, 0.1) is 0 Å². The second kappa shape index (κ2) is 7.04. The Morgan fingerprint density at radius 3 is 2.72 bits per heavy atom. The Kier molecular flexibility index (Phi) is 6.02. The highest BCUT2D eigenvalue weighted by Gasteiger charge is 2.19. The fraction of sp³-hybridized carbons (Fsp3) is 0.462. The zero-order chi connectivity index (χ0) is 13.7. The predicted octanol–water partition coefficient (Wildman–Crippen LogP) is 3.24. The van der Waals surface area contributed by atoms with Gasteiger partial charge < -0.3 is 10.6 Å². The van der Waals surface area contributed by atoms with Gasteiger partial charge in [0.15, 0.2) is 0 Å². The highest BCUT2D eigenvalue weighted by Crippen LogP contribution is 2.21. The van der Waals surface area contributed by atoms with Crippen molar-refractivity contribution in [2.45, 2.75) is 19.4 Å². The first-order valence-corrected chi connectivity index (χ1v) is 8.01. The number of anilines is 1. The van der Waals surface area contributed by atoms with Gasteiger partial charge in [0, 0.05) is 34.6 Å². The topological polar surface area (TPSA) is 46.3 Å². The maximum Gasteiger partial charge on any atom is 0.253 e. The molecule has 1 aromatic carbocycles. The molecule has 18 heavy (non-hydrogen) atoms. The van der Waals surface area contributed by atoms with Crippen LogP contribution in [0.15, 0.2) is 22.7 Å². The maximum absolute atomic E-state index is 12.3. The van der Waals surface area contributed by atoms with Crippen LogP contribution in [0.4, 0.5) is 5.69 Å². The third-order valence-corrected chi connectivity index (χ3v) is 4.38. The van der Waals surface area contributed by atoms with E-state index in [4.69, 9.17) is 5.73 Å². The molecule has 3 nitrogen and oxygen atoms in total. The molecule has 2 N–H and O–H groups in total. The molecule has 1 aromatic rings. The molecule has 0 heterocycles. The largest absolute Gasteiger partial charge is 0.398 e. The Hall–Kier alpha value is -0.680. The van der Waals surface area contributed by atoms with E-state index in [0.29, 0.717) is 11.3 Å². The summed E-state index contributed by atoms with van der Waals surface area (Å²) in [7, 11) is 1.85. The molecule has 0 aromatic heterocycles. The van der Waals surface area contributed by atoms with E-state index in [9.17, 15) is 4.79 Å². The summed E-state index contributed by atoms with van der Waals surface area (Å²) < 4.78 is 0.817. The van der Waals surface area contributed by atoms with Gasteiger partial charge in [-0.3, -0.25) is 4.79 Å². The minimum atomic E-state index is 0.0232. The molecule has 0 saturated carbocycles. The lowest BCUT2D eigenvalue weighted by molar-refractivity contribution is 0.0743. The number of hydrogen-bond donors (Lipinski definition) is 1. The molecule has 0 aliphatic heterocycles. The molecule has 5 heteroatoms. The van der Waals surface area contributed by atoms with Crippen molar-refractivity contribution >= 4 is 39.3 Å². The molecule has 1 amide bonds. The van der Waals surface area contributed by atoms with E-state index in [1.54, 1.807) is 28.8 Å². The summed E-state index contributed by atoms with van der Waals surface area (Å²) in [6.45, 7) is 2.10. The first-order valence-electron chi connectivity index (χ1n) is 5.82. The van der Waals surface area contributed by atoms with Crippen LogP contribution in [0.1, 0.15) is 23.7 Å². The lowest BCUT2D eigenvalue weighted by Gasteiger charge is -2.27. The van der Waals surface area contributed by atoms with Crippen molar-refractivity contribution in [2.75, 3.05) is 24.8 Å². The number of nitrogens with two attached hydrogens (primary N) is 1. The van der Waals surface area contributed by atoms with Gasteiger partial charge in [-0.05, 0) is 46.8 Å². The quantitative estimate of drug-likeness (QED) is 0.843. The van der Waals surface area contributed by atoms with E-state index in [1.807, 2.05) is 13.1 Å². The van der Waals surface area contributed by atoms with Gasteiger partial charge in [-0.15, -0.1) is 0 Å². The Morgan fingerprint density at radius 2 is 2.22 bits per heavy atom. The second-order valence-corrected chi connectivity index (χ2v) is 5.93. The monoisotopic (exact) mass is 330 g/mol. The summed E-state index contributed by atoms with van der Waals surface area (Å²) in [4.78, 5) is 14.1. The molecule has 100 valence electrons. The van der Waals surface area contributed by atoms with Crippen molar-refractivity contribution in [1.82, 2.24) is 4.90 Å². The Balaban J connectivity index is 2.88. The minimum absolute atomic E-state index is 0.0232. The molecule has 0 saturated heterocycles. The lowest BCUT2D eigenvalue weighted by Crippen LogP contribution is -2.38. The SMILES string of the molecule is CCC(CSC)N(C)C(=O)c1ccc(Br)c(N)c1. The minimum Gasteiger partial charge on any atom is -0.398 e. The molecular formula is C13H19BrN2OS.